The van der Waals surface area contributed by atoms with Gasteiger partial charge in [-0.3, -0.25) is 4.79 Å². The third kappa shape index (κ3) is 4.88. The molecule has 1 N–H and O–H groups in total. The summed E-state index contributed by atoms with van der Waals surface area (Å²) in [6.45, 7) is 6.19. The second-order valence-electron chi connectivity index (χ2n) is 8.43. The monoisotopic (exact) mass is 417 g/mol. The molecule has 0 saturated carbocycles. The van der Waals surface area contributed by atoms with E-state index in [1.54, 1.807) is 11.8 Å². The molecule has 3 nitrogen and oxygen atoms in total. The Balaban J connectivity index is 1.44. The molecule has 0 bridgehead atoms. The van der Waals surface area contributed by atoms with Gasteiger partial charge in [0.1, 0.15) is 11.4 Å². The first-order valence-electron chi connectivity index (χ1n) is 10.3. The highest BCUT2D eigenvalue weighted by molar-refractivity contribution is 7.98. The Morgan fingerprint density at radius 2 is 1.80 bits per heavy atom. The van der Waals surface area contributed by atoms with Crippen molar-refractivity contribution in [2.45, 2.75) is 49.5 Å². The van der Waals surface area contributed by atoms with E-state index in [-0.39, 0.29) is 17.6 Å². The average molecular weight is 418 g/mol. The number of rotatable bonds is 5. The molecule has 1 amide bonds. The van der Waals surface area contributed by atoms with Gasteiger partial charge in [-0.25, -0.2) is 0 Å². The van der Waals surface area contributed by atoms with Gasteiger partial charge in [0.25, 0.3) is 5.91 Å². The summed E-state index contributed by atoms with van der Waals surface area (Å²) in [6, 6.07) is 24.3. The second kappa shape index (κ2) is 8.57. The molecule has 0 aliphatic carbocycles. The highest BCUT2D eigenvalue weighted by Gasteiger charge is 2.34. The molecule has 0 spiro atoms. The van der Waals surface area contributed by atoms with E-state index < -0.39 is 0 Å². The topological polar surface area (TPSA) is 38.3 Å². The van der Waals surface area contributed by atoms with Crippen molar-refractivity contribution in [1.29, 1.82) is 0 Å². The van der Waals surface area contributed by atoms with Crippen molar-refractivity contribution in [2.24, 2.45) is 0 Å². The van der Waals surface area contributed by atoms with Crippen molar-refractivity contribution < 1.29 is 9.53 Å². The smallest absolute Gasteiger partial charge is 0.251 e. The second-order valence-corrected chi connectivity index (χ2v) is 9.48. The van der Waals surface area contributed by atoms with E-state index in [0.29, 0.717) is 5.56 Å². The number of amides is 1. The molecule has 1 aliphatic rings. The molecule has 0 fully saturated rings. The average Bonchev–Trinajstić information content (AvgIpc) is 2.73. The SMILES string of the molecule is Cc1ccc2c(c1)C(NC(=O)c1ccc(CSc3ccccc3)cc1)CC(C)(C)O2. The molecule has 4 rings (SSSR count). The number of fused-ring (bicyclic) bond motifs is 1. The largest absolute Gasteiger partial charge is 0.487 e. The van der Waals surface area contributed by atoms with Crippen LogP contribution in [0.1, 0.15) is 53.4 Å². The maximum atomic E-state index is 13.0. The fourth-order valence-electron chi connectivity index (χ4n) is 3.78. The van der Waals surface area contributed by atoms with Crippen LogP contribution in [-0.2, 0) is 5.75 Å². The van der Waals surface area contributed by atoms with Crippen molar-refractivity contribution in [2.75, 3.05) is 0 Å². The zero-order valence-electron chi connectivity index (χ0n) is 17.6. The van der Waals surface area contributed by atoms with Crippen LogP contribution in [-0.4, -0.2) is 11.5 Å². The van der Waals surface area contributed by atoms with Gasteiger partial charge in [-0.05, 0) is 56.7 Å². The number of carbonyl (C=O) groups is 1. The van der Waals surface area contributed by atoms with E-state index >= 15 is 0 Å². The maximum absolute atomic E-state index is 13.0. The van der Waals surface area contributed by atoms with E-state index in [1.807, 2.05) is 54.6 Å². The minimum Gasteiger partial charge on any atom is -0.487 e. The van der Waals surface area contributed by atoms with Gasteiger partial charge in [0, 0.05) is 28.2 Å². The molecule has 154 valence electrons. The first kappa shape index (κ1) is 20.5. The van der Waals surface area contributed by atoms with Crippen LogP contribution >= 0.6 is 11.8 Å². The van der Waals surface area contributed by atoms with Crippen molar-refractivity contribution >= 4 is 17.7 Å². The summed E-state index contributed by atoms with van der Waals surface area (Å²) in [7, 11) is 0. The molecule has 0 aromatic heterocycles. The van der Waals surface area contributed by atoms with Crippen molar-refractivity contribution in [3.63, 3.8) is 0 Å². The van der Waals surface area contributed by atoms with Crippen molar-refractivity contribution in [1.82, 2.24) is 5.32 Å². The lowest BCUT2D eigenvalue weighted by Crippen LogP contribution is -2.41. The first-order valence-corrected chi connectivity index (χ1v) is 11.3. The van der Waals surface area contributed by atoms with Gasteiger partial charge in [0.05, 0.1) is 6.04 Å². The van der Waals surface area contributed by atoms with Crippen LogP contribution in [0.5, 0.6) is 5.75 Å². The zero-order valence-corrected chi connectivity index (χ0v) is 18.5. The Labute approximate surface area is 182 Å². The molecule has 4 heteroatoms. The summed E-state index contributed by atoms with van der Waals surface area (Å²) in [6.07, 6.45) is 0.737. The molecule has 3 aromatic rings. The number of hydrogen-bond acceptors (Lipinski definition) is 3. The van der Waals surface area contributed by atoms with E-state index in [4.69, 9.17) is 4.74 Å². The number of nitrogens with one attached hydrogen (secondary N) is 1. The van der Waals surface area contributed by atoms with Gasteiger partial charge in [0.15, 0.2) is 0 Å². The van der Waals surface area contributed by atoms with Crippen LogP contribution in [0.2, 0.25) is 0 Å². The minimum atomic E-state index is -0.321. The predicted molar refractivity (Wildman–Crippen MR) is 123 cm³/mol. The Hall–Kier alpha value is -2.72. The van der Waals surface area contributed by atoms with Crippen LogP contribution in [0, 0.1) is 6.92 Å². The Bertz CT molecular complexity index is 1030. The number of thioether (sulfide) groups is 1. The summed E-state index contributed by atoms with van der Waals surface area (Å²) in [5, 5.41) is 3.23. The van der Waals surface area contributed by atoms with Gasteiger partial charge in [0.2, 0.25) is 0 Å². The lowest BCUT2D eigenvalue weighted by Gasteiger charge is -2.38. The lowest BCUT2D eigenvalue weighted by molar-refractivity contribution is 0.0619. The molecule has 1 unspecified atom stereocenters. The van der Waals surface area contributed by atoms with Gasteiger partial charge >= 0.3 is 0 Å². The summed E-state index contributed by atoms with van der Waals surface area (Å²) in [5.41, 5.74) is 3.78. The van der Waals surface area contributed by atoms with Gasteiger partial charge in [-0.1, -0.05) is 48.0 Å². The van der Waals surface area contributed by atoms with Crippen molar-refractivity contribution in [3.05, 3.63) is 95.1 Å². The minimum absolute atomic E-state index is 0.0487. The Morgan fingerprint density at radius 3 is 2.53 bits per heavy atom. The van der Waals surface area contributed by atoms with E-state index in [0.717, 1.165) is 29.1 Å². The van der Waals surface area contributed by atoms with Crippen LogP contribution in [0.25, 0.3) is 0 Å². The molecule has 1 aliphatic heterocycles. The standard InChI is InChI=1S/C26H27NO2S/c1-18-9-14-24-22(15-18)23(16-26(2,3)29-24)27-25(28)20-12-10-19(11-13-20)17-30-21-7-5-4-6-8-21/h4-15,23H,16-17H2,1-3H3,(H,27,28). The number of carbonyl (C=O) groups excluding carboxylic acids is 1. The van der Waals surface area contributed by atoms with Gasteiger partial charge in [-0.2, -0.15) is 0 Å². The molecule has 30 heavy (non-hydrogen) atoms. The number of benzene rings is 3. The molecule has 0 radical (unpaired) electrons. The van der Waals surface area contributed by atoms with Gasteiger partial charge < -0.3 is 10.1 Å². The molecule has 3 aromatic carbocycles. The van der Waals surface area contributed by atoms with Crippen LogP contribution in [0.3, 0.4) is 0 Å². The normalized spacial score (nSPS) is 17.0. The quantitative estimate of drug-likeness (QED) is 0.494. The fourth-order valence-corrected chi connectivity index (χ4v) is 4.66. The summed E-state index contributed by atoms with van der Waals surface area (Å²) in [4.78, 5) is 14.2. The van der Waals surface area contributed by atoms with E-state index in [9.17, 15) is 4.79 Å². The molecule has 0 saturated heterocycles. The Morgan fingerprint density at radius 1 is 1.07 bits per heavy atom. The van der Waals surface area contributed by atoms with Crippen LogP contribution in [0.4, 0.5) is 0 Å². The van der Waals surface area contributed by atoms with E-state index in [2.05, 4.69) is 44.3 Å². The highest BCUT2D eigenvalue weighted by atomic mass is 32.2. The third-order valence-corrected chi connectivity index (χ3v) is 6.38. The molecular formula is C26H27NO2S. The lowest BCUT2D eigenvalue weighted by atomic mass is 9.88. The Kier molecular flexibility index (Phi) is 5.87. The number of hydrogen-bond donors (Lipinski definition) is 1. The van der Waals surface area contributed by atoms with Crippen LogP contribution in [0.15, 0.2) is 77.7 Å². The molecule has 1 atom stereocenters. The number of aryl methyl sites for hydroxylation is 1. The molecule has 1 heterocycles. The third-order valence-electron chi connectivity index (χ3n) is 5.29. The van der Waals surface area contributed by atoms with Crippen LogP contribution < -0.4 is 10.1 Å². The van der Waals surface area contributed by atoms with E-state index in [1.165, 1.54) is 10.5 Å². The highest BCUT2D eigenvalue weighted by Crippen LogP contribution is 2.40. The summed E-state index contributed by atoms with van der Waals surface area (Å²) < 4.78 is 6.12. The zero-order chi connectivity index (χ0) is 21.1. The number of ether oxygens (including phenoxy) is 1. The van der Waals surface area contributed by atoms with Gasteiger partial charge in [-0.15, -0.1) is 11.8 Å². The maximum Gasteiger partial charge on any atom is 0.251 e. The summed E-state index contributed by atoms with van der Waals surface area (Å²) in [5.74, 6) is 1.69. The summed E-state index contributed by atoms with van der Waals surface area (Å²) >= 11 is 1.80. The van der Waals surface area contributed by atoms with Crippen molar-refractivity contribution in [3.8, 4) is 5.75 Å². The fraction of sp³-hybridized carbons (Fsp3) is 0.269. The first-order chi connectivity index (χ1) is 14.4. The molecular weight excluding hydrogens is 390 g/mol. The predicted octanol–water partition coefficient (Wildman–Crippen LogP) is 6.32.